The van der Waals surface area contributed by atoms with Crippen LogP contribution in [0, 0.1) is 0 Å². The van der Waals surface area contributed by atoms with Gasteiger partial charge in [0, 0.05) is 23.7 Å². The Kier molecular flexibility index (Phi) is 4.83. The van der Waals surface area contributed by atoms with E-state index < -0.39 is 0 Å². The number of hydrogen-bond acceptors (Lipinski definition) is 5. The highest BCUT2D eigenvalue weighted by Crippen LogP contribution is 2.27. The van der Waals surface area contributed by atoms with Crippen LogP contribution in [0.1, 0.15) is 16.9 Å². The van der Waals surface area contributed by atoms with Crippen molar-refractivity contribution in [1.29, 1.82) is 0 Å². The van der Waals surface area contributed by atoms with Gasteiger partial charge in [0.25, 0.3) is 5.91 Å². The van der Waals surface area contributed by atoms with Crippen LogP contribution >= 0.6 is 0 Å². The van der Waals surface area contributed by atoms with E-state index in [2.05, 4.69) is 20.3 Å². The third-order valence-electron chi connectivity index (χ3n) is 4.92. The lowest BCUT2D eigenvalue weighted by atomic mass is 10.1. The van der Waals surface area contributed by atoms with Crippen LogP contribution in [0.2, 0.25) is 0 Å². The number of pyridine rings is 1. The molecule has 7 heteroatoms. The monoisotopic (exact) mass is 377 g/mol. The molecule has 2 aromatic heterocycles. The molecule has 0 saturated heterocycles. The van der Waals surface area contributed by atoms with E-state index in [1.54, 1.807) is 24.1 Å². The predicted octanol–water partition coefficient (Wildman–Crippen LogP) is 2.38. The van der Waals surface area contributed by atoms with Crippen molar-refractivity contribution in [2.45, 2.75) is 18.5 Å². The molecule has 0 aliphatic heterocycles. The predicted molar refractivity (Wildman–Crippen MR) is 107 cm³/mol. The van der Waals surface area contributed by atoms with Crippen molar-refractivity contribution in [2.24, 2.45) is 0 Å². The summed E-state index contributed by atoms with van der Waals surface area (Å²) in [4.78, 5) is 19.1. The first-order valence-electron chi connectivity index (χ1n) is 9.20. The van der Waals surface area contributed by atoms with Crippen LogP contribution < -0.4 is 10.1 Å². The van der Waals surface area contributed by atoms with E-state index in [1.807, 2.05) is 56.6 Å². The molecular weight excluding hydrogens is 354 g/mol. The maximum atomic E-state index is 12.8. The molecule has 144 valence electrons. The van der Waals surface area contributed by atoms with Gasteiger partial charge in [-0.3, -0.25) is 4.79 Å². The number of carbonyl (C=O) groups excluding carboxylic acids is 1. The van der Waals surface area contributed by atoms with Gasteiger partial charge in [-0.05, 0) is 32.6 Å². The Bertz CT molecular complexity index is 966. The van der Waals surface area contributed by atoms with E-state index in [1.165, 1.54) is 0 Å². The van der Waals surface area contributed by atoms with Gasteiger partial charge in [0.2, 0.25) is 5.88 Å². The molecule has 1 N–H and O–H groups in total. The molecule has 4 rings (SSSR count). The lowest BCUT2D eigenvalue weighted by molar-refractivity contribution is 0.0942. The summed E-state index contributed by atoms with van der Waals surface area (Å²) in [6.45, 7) is 0. The second-order valence-electron chi connectivity index (χ2n) is 7.10. The Morgan fingerprint density at radius 1 is 1.21 bits per heavy atom. The lowest BCUT2D eigenvalue weighted by Crippen LogP contribution is -2.31. The number of nitrogens with zero attached hydrogens (tertiary/aromatic N) is 4. The fourth-order valence-corrected chi connectivity index (χ4v) is 3.27. The summed E-state index contributed by atoms with van der Waals surface area (Å²) in [6.07, 6.45) is 2.65. The zero-order valence-electron chi connectivity index (χ0n) is 16.2. The molecule has 1 fully saturated rings. The van der Waals surface area contributed by atoms with Crippen LogP contribution in [0.5, 0.6) is 5.88 Å². The van der Waals surface area contributed by atoms with Crippen LogP contribution in [0.3, 0.4) is 0 Å². The van der Waals surface area contributed by atoms with Crippen LogP contribution in [-0.4, -0.2) is 58.9 Å². The van der Waals surface area contributed by atoms with Crippen LogP contribution in [-0.2, 0) is 0 Å². The first kappa shape index (κ1) is 18.2. The highest BCUT2D eigenvalue weighted by atomic mass is 16.5. The third kappa shape index (κ3) is 3.61. The van der Waals surface area contributed by atoms with Gasteiger partial charge >= 0.3 is 0 Å². The Morgan fingerprint density at radius 2 is 2.00 bits per heavy atom. The summed E-state index contributed by atoms with van der Waals surface area (Å²) in [7, 11) is 5.62. The first-order valence-corrected chi connectivity index (χ1v) is 9.20. The van der Waals surface area contributed by atoms with Gasteiger partial charge in [-0.2, -0.15) is 5.10 Å². The number of hydrogen-bond donors (Lipinski definition) is 1. The molecule has 0 spiro atoms. The number of likely N-dealkylation sites (N-methyl/N-ethyl adjacent to an activating group) is 1. The molecule has 0 bridgehead atoms. The van der Waals surface area contributed by atoms with Crippen molar-refractivity contribution in [3.05, 3.63) is 60.4 Å². The van der Waals surface area contributed by atoms with Crippen molar-refractivity contribution < 1.29 is 9.53 Å². The summed E-state index contributed by atoms with van der Waals surface area (Å²) in [5.41, 5.74) is 2.95. The summed E-state index contributed by atoms with van der Waals surface area (Å²) >= 11 is 0. The van der Waals surface area contributed by atoms with Gasteiger partial charge in [-0.15, -0.1) is 0 Å². The number of methoxy groups -OCH3 is 1. The van der Waals surface area contributed by atoms with Gasteiger partial charge in [0.1, 0.15) is 0 Å². The van der Waals surface area contributed by atoms with E-state index in [0.29, 0.717) is 17.6 Å². The molecule has 1 aliphatic rings. The number of rotatable bonds is 6. The molecule has 2 unspecified atom stereocenters. The number of ether oxygens (including phenoxy) is 1. The van der Waals surface area contributed by atoms with Gasteiger partial charge in [0.15, 0.2) is 5.69 Å². The fraction of sp³-hybridized carbons (Fsp3) is 0.286. The second kappa shape index (κ2) is 7.44. The van der Waals surface area contributed by atoms with E-state index >= 15 is 0 Å². The van der Waals surface area contributed by atoms with Crippen molar-refractivity contribution >= 4 is 5.91 Å². The molecular formula is C21H23N5O2. The molecule has 1 amide bonds. The zero-order valence-corrected chi connectivity index (χ0v) is 16.2. The minimum atomic E-state index is -0.160. The van der Waals surface area contributed by atoms with E-state index in [4.69, 9.17) is 4.74 Å². The smallest absolute Gasteiger partial charge is 0.272 e. The molecule has 7 nitrogen and oxygen atoms in total. The van der Waals surface area contributed by atoms with E-state index in [9.17, 15) is 4.79 Å². The molecule has 1 saturated carbocycles. The van der Waals surface area contributed by atoms with Crippen molar-refractivity contribution in [3.63, 3.8) is 0 Å². The Morgan fingerprint density at radius 3 is 2.61 bits per heavy atom. The standard InChI is InChI=1S/C21H23N5O2/c1-25(2)19-11-16(19)23-21(27)17-12-18(14-7-5-4-6-8-14)26(24-17)15-9-10-20(28-3)22-13-15/h4-10,12-13,16,19H,11H2,1-3H3,(H,23,27). The Hall–Kier alpha value is -3.19. The van der Waals surface area contributed by atoms with Crippen molar-refractivity contribution in [2.75, 3.05) is 21.2 Å². The van der Waals surface area contributed by atoms with Crippen molar-refractivity contribution in [3.8, 4) is 22.8 Å². The molecule has 2 heterocycles. The quantitative estimate of drug-likeness (QED) is 0.714. The summed E-state index contributed by atoms with van der Waals surface area (Å²) in [6, 6.07) is 15.9. The lowest BCUT2D eigenvalue weighted by Gasteiger charge is -2.09. The van der Waals surface area contributed by atoms with Crippen LogP contribution in [0.25, 0.3) is 16.9 Å². The van der Waals surface area contributed by atoms with E-state index in [-0.39, 0.29) is 11.9 Å². The maximum Gasteiger partial charge on any atom is 0.272 e. The summed E-state index contributed by atoms with van der Waals surface area (Å²) < 4.78 is 6.88. The van der Waals surface area contributed by atoms with Gasteiger partial charge in [-0.1, -0.05) is 30.3 Å². The minimum absolute atomic E-state index is 0.160. The maximum absolute atomic E-state index is 12.8. The fourth-order valence-electron chi connectivity index (χ4n) is 3.27. The highest BCUT2D eigenvalue weighted by molar-refractivity contribution is 5.94. The number of aromatic nitrogens is 3. The SMILES string of the molecule is COc1ccc(-n2nc(C(=O)NC3CC3N(C)C)cc2-c2ccccc2)cn1. The molecule has 2 atom stereocenters. The minimum Gasteiger partial charge on any atom is -0.481 e. The van der Waals surface area contributed by atoms with Crippen LogP contribution in [0.15, 0.2) is 54.7 Å². The number of nitrogens with one attached hydrogen (secondary N) is 1. The molecule has 0 radical (unpaired) electrons. The summed E-state index contributed by atoms with van der Waals surface area (Å²) in [5, 5.41) is 7.64. The highest BCUT2D eigenvalue weighted by Gasteiger charge is 2.40. The average Bonchev–Trinajstić information content (AvgIpc) is 3.35. The first-order chi connectivity index (χ1) is 13.6. The molecule has 1 aliphatic carbocycles. The number of benzene rings is 1. The van der Waals surface area contributed by atoms with Crippen LogP contribution in [0.4, 0.5) is 0 Å². The second-order valence-corrected chi connectivity index (χ2v) is 7.10. The Labute approximate surface area is 164 Å². The Balaban J connectivity index is 1.67. The van der Waals surface area contributed by atoms with Gasteiger partial charge in [-0.25, -0.2) is 9.67 Å². The summed E-state index contributed by atoms with van der Waals surface area (Å²) in [5.74, 6) is 0.366. The topological polar surface area (TPSA) is 72.3 Å². The zero-order chi connectivity index (χ0) is 19.7. The van der Waals surface area contributed by atoms with Gasteiger partial charge < -0.3 is 15.0 Å². The van der Waals surface area contributed by atoms with Crippen molar-refractivity contribution in [1.82, 2.24) is 25.0 Å². The number of carbonyl (C=O) groups is 1. The van der Waals surface area contributed by atoms with E-state index in [0.717, 1.165) is 23.4 Å². The third-order valence-corrected chi connectivity index (χ3v) is 4.92. The number of amides is 1. The molecule has 28 heavy (non-hydrogen) atoms. The average molecular weight is 377 g/mol. The largest absolute Gasteiger partial charge is 0.481 e. The van der Waals surface area contributed by atoms with Gasteiger partial charge in [0.05, 0.1) is 24.7 Å². The normalized spacial score (nSPS) is 18.1. The molecule has 1 aromatic carbocycles. The molecule has 3 aromatic rings.